The van der Waals surface area contributed by atoms with E-state index in [2.05, 4.69) is 39.2 Å². The Kier molecular flexibility index (Phi) is 5.81. The molecular formula is C22H24N4O. The third-order valence-corrected chi connectivity index (χ3v) is 4.56. The summed E-state index contributed by atoms with van der Waals surface area (Å²) in [5, 5.41) is 2.87. The lowest BCUT2D eigenvalue weighted by atomic mass is 10.1. The van der Waals surface area contributed by atoms with Crippen LogP contribution in [0.2, 0.25) is 0 Å². The van der Waals surface area contributed by atoms with Gasteiger partial charge in [0.2, 0.25) is 0 Å². The lowest BCUT2D eigenvalue weighted by Gasteiger charge is -2.21. The van der Waals surface area contributed by atoms with Gasteiger partial charge in [-0.15, -0.1) is 0 Å². The van der Waals surface area contributed by atoms with Crippen LogP contribution in [0.25, 0.3) is 0 Å². The predicted molar refractivity (Wildman–Crippen MR) is 109 cm³/mol. The summed E-state index contributed by atoms with van der Waals surface area (Å²) in [4.78, 5) is 23.3. The Bertz CT molecular complexity index is 907. The van der Waals surface area contributed by atoms with Gasteiger partial charge in [-0.1, -0.05) is 36.4 Å². The third kappa shape index (κ3) is 4.70. The molecule has 0 fully saturated rings. The quantitative estimate of drug-likeness (QED) is 0.709. The van der Waals surface area contributed by atoms with Gasteiger partial charge in [-0.25, -0.2) is 9.97 Å². The smallest absolute Gasteiger partial charge is 0.275 e. The Hall–Kier alpha value is -3.21. The number of benzene rings is 2. The number of aromatic nitrogens is 2. The number of carbonyl (C=O) groups is 1. The number of nitrogens with zero attached hydrogens (tertiary/aromatic N) is 3. The molecule has 5 nitrogen and oxygen atoms in total. The van der Waals surface area contributed by atoms with Crippen LogP contribution in [-0.2, 0) is 6.54 Å². The molecule has 0 aliphatic carbocycles. The summed E-state index contributed by atoms with van der Waals surface area (Å²) in [6.45, 7) is 7.69. The van der Waals surface area contributed by atoms with Crippen LogP contribution in [0.15, 0.2) is 60.9 Å². The lowest BCUT2D eigenvalue weighted by molar-refractivity contribution is 0.102. The maximum absolute atomic E-state index is 12.4. The number of nitrogens with one attached hydrogen (secondary N) is 1. The molecule has 1 amide bonds. The van der Waals surface area contributed by atoms with Gasteiger partial charge >= 0.3 is 0 Å². The molecule has 5 heteroatoms. The molecule has 0 atom stereocenters. The molecule has 1 aromatic heterocycles. The molecule has 0 aliphatic heterocycles. The topological polar surface area (TPSA) is 58.1 Å². The molecule has 27 heavy (non-hydrogen) atoms. The zero-order valence-corrected chi connectivity index (χ0v) is 15.9. The van der Waals surface area contributed by atoms with Gasteiger partial charge in [0.15, 0.2) is 0 Å². The molecule has 0 saturated heterocycles. The van der Waals surface area contributed by atoms with E-state index >= 15 is 0 Å². The molecule has 0 spiro atoms. The Labute approximate surface area is 160 Å². The average molecular weight is 360 g/mol. The molecule has 1 N–H and O–H groups in total. The molecule has 0 unspecified atom stereocenters. The zero-order chi connectivity index (χ0) is 19.2. The SMILES string of the molecule is CCN(Cc1ccccc1)c1cnc(C(=O)Nc2ccc(C)c(C)c2)cn1. The summed E-state index contributed by atoms with van der Waals surface area (Å²) >= 11 is 0. The van der Waals surface area contributed by atoms with E-state index in [0.717, 1.165) is 30.2 Å². The first-order valence-corrected chi connectivity index (χ1v) is 9.06. The van der Waals surface area contributed by atoms with Gasteiger partial charge < -0.3 is 10.2 Å². The molecule has 138 valence electrons. The molecular weight excluding hydrogens is 336 g/mol. The van der Waals surface area contributed by atoms with Crippen LogP contribution in [0, 0.1) is 13.8 Å². The van der Waals surface area contributed by atoms with Crippen LogP contribution in [-0.4, -0.2) is 22.4 Å². The minimum atomic E-state index is -0.261. The maximum Gasteiger partial charge on any atom is 0.275 e. The first kappa shape index (κ1) is 18.6. The van der Waals surface area contributed by atoms with Gasteiger partial charge in [0, 0.05) is 18.8 Å². The van der Waals surface area contributed by atoms with E-state index in [-0.39, 0.29) is 5.91 Å². The van der Waals surface area contributed by atoms with Crippen molar-refractivity contribution in [1.82, 2.24) is 9.97 Å². The maximum atomic E-state index is 12.4. The highest BCUT2D eigenvalue weighted by Gasteiger charge is 2.12. The van der Waals surface area contributed by atoms with Gasteiger partial charge in [-0.3, -0.25) is 4.79 Å². The summed E-state index contributed by atoms with van der Waals surface area (Å²) < 4.78 is 0. The second-order valence-electron chi connectivity index (χ2n) is 6.51. The first-order valence-electron chi connectivity index (χ1n) is 9.06. The largest absolute Gasteiger partial charge is 0.351 e. The van der Waals surface area contributed by atoms with E-state index in [9.17, 15) is 4.79 Å². The molecule has 0 radical (unpaired) electrons. The Morgan fingerprint density at radius 1 is 1.00 bits per heavy atom. The van der Waals surface area contributed by atoms with Crippen LogP contribution in [0.1, 0.15) is 34.1 Å². The highest BCUT2D eigenvalue weighted by Crippen LogP contribution is 2.16. The summed E-state index contributed by atoms with van der Waals surface area (Å²) in [5.74, 6) is 0.493. The molecule has 0 bridgehead atoms. The summed E-state index contributed by atoms with van der Waals surface area (Å²) in [5.41, 5.74) is 4.59. The van der Waals surface area contributed by atoms with Gasteiger partial charge in [0.05, 0.1) is 12.4 Å². The van der Waals surface area contributed by atoms with Crippen molar-refractivity contribution in [2.75, 3.05) is 16.8 Å². The fourth-order valence-electron chi connectivity index (χ4n) is 2.77. The van der Waals surface area contributed by atoms with E-state index in [1.165, 1.54) is 17.3 Å². The Morgan fingerprint density at radius 3 is 2.41 bits per heavy atom. The van der Waals surface area contributed by atoms with Crippen LogP contribution in [0.4, 0.5) is 11.5 Å². The number of aryl methyl sites for hydroxylation is 2. The van der Waals surface area contributed by atoms with Crippen molar-refractivity contribution in [2.45, 2.75) is 27.3 Å². The van der Waals surface area contributed by atoms with E-state index in [1.807, 2.05) is 50.2 Å². The molecule has 3 aromatic rings. The second-order valence-corrected chi connectivity index (χ2v) is 6.51. The van der Waals surface area contributed by atoms with Crippen molar-refractivity contribution in [1.29, 1.82) is 0 Å². The standard InChI is InChI=1S/C22H24N4O/c1-4-26(15-18-8-6-5-7-9-18)21-14-23-20(13-24-21)22(27)25-19-11-10-16(2)17(3)12-19/h5-14H,4,15H2,1-3H3,(H,25,27). The Morgan fingerprint density at radius 2 is 1.78 bits per heavy atom. The molecule has 0 saturated carbocycles. The van der Waals surface area contributed by atoms with Gasteiger partial charge in [0.25, 0.3) is 5.91 Å². The van der Waals surface area contributed by atoms with E-state index < -0.39 is 0 Å². The number of hydrogen-bond donors (Lipinski definition) is 1. The normalized spacial score (nSPS) is 10.5. The Balaban J connectivity index is 1.69. The van der Waals surface area contributed by atoms with Crippen molar-refractivity contribution < 1.29 is 4.79 Å². The summed E-state index contributed by atoms with van der Waals surface area (Å²) in [6.07, 6.45) is 3.18. The molecule has 2 aromatic carbocycles. The van der Waals surface area contributed by atoms with E-state index in [4.69, 9.17) is 0 Å². The van der Waals surface area contributed by atoms with Crippen molar-refractivity contribution >= 4 is 17.4 Å². The van der Waals surface area contributed by atoms with Crippen molar-refractivity contribution in [3.63, 3.8) is 0 Å². The minimum absolute atomic E-state index is 0.261. The monoisotopic (exact) mass is 360 g/mol. The molecule has 0 aliphatic rings. The first-order chi connectivity index (χ1) is 13.1. The van der Waals surface area contributed by atoms with Crippen LogP contribution >= 0.6 is 0 Å². The molecule has 3 rings (SSSR count). The summed E-state index contributed by atoms with van der Waals surface area (Å²) in [7, 11) is 0. The summed E-state index contributed by atoms with van der Waals surface area (Å²) in [6, 6.07) is 16.0. The fourth-order valence-corrected chi connectivity index (χ4v) is 2.77. The number of anilines is 2. The second kappa shape index (κ2) is 8.45. The minimum Gasteiger partial charge on any atom is -0.351 e. The predicted octanol–water partition coefficient (Wildman–Crippen LogP) is 4.37. The highest BCUT2D eigenvalue weighted by molar-refractivity contribution is 6.02. The van der Waals surface area contributed by atoms with Gasteiger partial charge in [0.1, 0.15) is 11.5 Å². The van der Waals surface area contributed by atoms with Crippen LogP contribution in [0.3, 0.4) is 0 Å². The number of hydrogen-bond acceptors (Lipinski definition) is 4. The lowest BCUT2D eigenvalue weighted by Crippen LogP contribution is -2.24. The van der Waals surface area contributed by atoms with Gasteiger partial charge in [-0.2, -0.15) is 0 Å². The van der Waals surface area contributed by atoms with Crippen LogP contribution in [0.5, 0.6) is 0 Å². The zero-order valence-electron chi connectivity index (χ0n) is 15.9. The third-order valence-electron chi connectivity index (χ3n) is 4.56. The van der Waals surface area contributed by atoms with Crippen molar-refractivity contribution in [3.05, 3.63) is 83.3 Å². The number of carbonyl (C=O) groups excluding carboxylic acids is 1. The van der Waals surface area contributed by atoms with Crippen LogP contribution < -0.4 is 10.2 Å². The van der Waals surface area contributed by atoms with Crippen molar-refractivity contribution in [2.24, 2.45) is 0 Å². The van der Waals surface area contributed by atoms with E-state index in [1.54, 1.807) is 6.20 Å². The highest BCUT2D eigenvalue weighted by atomic mass is 16.1. The van der Waals surface area contributed by atoms with Gasteiger partial charge in [-0.05, 0) is 49.6 Å². The fraction of sp³-hybridized carbons (Fsp3) is 0.227. The van der Waals surface area contributed by atoms with Crippen molar-refractivity contribution in [3.8, 4) is 0 Å². The number of rotatable bonds is 6. The number of amides is 1. The molecule has 1 heterocycles. The van der Waals surface area contributed by atoms with E-state index in [0.29, 0.717) is 5.69 Å². The average Bonchev–Trinajstić information content (AvgIpc) is 2.70.